The number of nitrogens with one attached hydrogen (secondary N) is 1. The Labute approximate surface area is 169 Å². The van der Waals surface area contributed by atoms with Crippen LogP contribution in [-0.2, 0) is 10.9 Å². The van der Waals surface area contributed by atoms with Crippen molar-refractivity contribution in [2.24, 2.45) is 0 Å². The molecule has 1 N–H and O–H groups in total. The normalized spacial score (nSPS) is 11.5. The number of nitrogens with zero attached hydrogens (tertiary/aromatic N) is 3. The first kappa shape index (κ1) is 21.4. The van der Waals surface area contributed by atoms with Gasteiger partial charge in [-0.05, 0) is 24.3 Å². The maximum Gasteiger partial charge on any atom is 0.433 e. The van der Waals surface area contributed by atoms with E-state index in [2.05, 4.69) is 15.4 Å². The summed E-state index contributed by atoms with van der Waals surface area (Å²) in [5.41, 5.74) is -0.941. The minimum Gasteiger partial charge on any atom is -0.493 e. The Bertz CT molecular complexity index is 1070. The molecule has 0 saturated carbocycles. The Morgan fingerprint density at radius 2 is 1.83 bits per heavy atom. The summed E-state index contributed by atoms with van der Waals surface area (Å²) in [7, 11) is 4.34. The molecule has 2 heterocycles. The van der Waals surface area contributed by atoms with Gasteiger partial charge in [-0.25, -0.2) is 9.50 Å². The number of carbonyl (C=O) groups is 1. The number of benzene rings is 1. The Balaban J connectivity index is 2.10. The zero-order valence-electron chi connectivity index (χ0n) is 16.4. The van der Waals surface area contributed by atoms with E-state index in [0.717, 1.165) is 6.07 Å². The average Bonchev–Trinajstić information content (AvgIpc) is 3.16. The Morgan fingerprint density at radius 1 is 1.10 bits per heavy atom. The zero-order valence-corrected chi connectivity index (χ0v) is 16.4. The number of aromatic nitrogens is 3. The van der Waals surface area contributed by atoms with Crippen LogP contribution < -0.4 is 14.8 Å². The van der Waals surface area contributed by atoms with E-state index in [-0.39, 0.29) is 30.2 Å². The van der Waals surface area contributed by atoms with E-state index in [0.29, 0.717) is 21.6 Å². The van der Waals surface area contributed by atoms with Crippen LogP contribution in [0.1, 0.15) is 16.2 Å². The third-order valence-corrected chi connectivity index (χ3v) is 4.22. The second kappa shape index (κ2) is 8.57. The Kier molecular flexibility index (Phi) is 6.11. The molecule has 11 heteroatoms. The number of rotatable bonds is 7. The zero-order chi connectivity index (χ0) is 21.9. The summed E-state index contributed by atoms with van der Waals surface area (Å²) in [5, 5.41) is 6.30. The molecule has 2 aromatic heterocycles. The summed E-state index contributed by atoms with van der Waals surface area (Å²) in [5.74, 6) is 0.146. The highest BCUT2D eigenvalue weighted by molar-refractivity contribution is 5.93. The average molecular weight is 424 g/mol. The van der Waals surface area contributed by atoms with Crippen molar-refractivity contribution >= 4 is 11.6 Å². The fourth-order valence-electron chi connectivity index (χ4n) is 2.79. The smallest absolute Gasteiger partial charge is 0.433 e. The highest BCUT2D eigenvalue weighted by Crippen LogP contribution is 2.35. The second-order valence-electron chi connectivity index (χ2n) is 6.14. The Morgan fingerprint density at radius 3 is 2.47 bits per heavy atom. The molecular weight excluding hydrogens is 405 g/mol. The fourth-order valence-corrected chi connectivity index (χ4v) is 2.79. The number of ether oxygens (including phenoxy) is 3. The summed E-state index contributed by atoms with van der Waals surface area (Å²) in [6, 6.07) is 6.72. The first-order valence-electron chi connectivity index (χ1n) is 8.76. The van der Waals surface area contributed by atoms with Crippen molar-refractivity contribution in [3.8, 4) is 22.8 Å². The van der Waals surface area contributed by atoms with Crippen LogP contribution in [0, 0.1) is 0 Å². The van der Waals surface area contributed by atoms with Crippen molar-refractivity contribution in [2.45, 2.75) is 6.18 Å². The third kappa shape index (κ3) is 4.30. The van der Waals surface area contributed by atoms with Crippen LogP contribution in [0.3, 0.4) is 0 Å². The lowest BCUT2D eigenvalue weighted by molar-refractivity contribution is -0.142. The summed E-state index contributed by atoms with van der Waals surface area (Å²) < 4.78 is 56.9. The van der Waals surface area contributed by atoms with Gasteiger partial charge in [-0.3, -0.25) is 4.79 Å². The van der Waals surface area contributed by atoms with Gasteiger partial charge in [0.25, 0.3) is 5.91 Å². The van der Waals surface area contributed by atoms with Crippen molar-refractivity contribution in [3.05, 3.63) is 41.7 Å². The van der Waals surface area contributed by atoms with Gasteiger partial charge in [0.1, 0.15) is 0 Å². The highest BCUT2D eigenvalue weighted by Gasteiger charge is 2.35. The maximum absolute atomic E-state index is 13.7. The van der Waals surface area contributed by atoms with Crippen molar-refractivity contribution < 1.29 is 32.2 Å². The lowest BCUT2D eigenvalue weighted by Crippen LogP contribution is -2.27. The minimum absolute atomic E-state index is 0.0435. The van der Waals surface area contributed by atoms with E-state index in [9.17, 15) is 18.0 Å². The van der Waals surface area contributed by atoms with Crippen LogP contribution in [0.2, 0.25) is 0 Å². The molecule has 160 valence electrons. The molecular formula is C19H19F3N4O4. The number of halogens is 3. The van der Waals surface area contributed by atoms with Gasteiger partial charge in [-0.15, -0.1) is 0 Å². The fraction of sp³-hybridized carbons (Fsp3) is 0.316. The number of carbonyl (C=O) groups excluding carboxylic acids is 1. The molecule has 0 unspecified atom stereocenters. The molecule has 0 radical (unpaired) electrons. The van der Waals surface area contributed by atoms with Gasteiger partial charge in [0.15, 0.2) is 28.5 Å². The van der Waals surface area contributed by atoms with E-state index in [1.165, 1.54) is 33.5 Å². The molecule has 1 aromatic carbocycles. The van der Waals surface area contributed by atoms with Crippen LogP contribution in [-0.4, -0.2) is 55.0 Å². The lowest BCUT2D eigenvalue weighted by atomic mass is 10.1. The summed E-state index contributed by atoms with van der Waals surface area (Å²) >= 11 is 0. The van der Waals surface area contributed by atoms with Crippen molar-refractivity contribution in [1.29, 1.82) is 0 Å². The first-order valence-corrected chi connectivity index (χ1v) is 8.76. The van der Waals surface area contributed by atoms with Gasteiger partial charge in [-0.2, -0.15) is 18.3 Å². The quantitative estimate of drug-likeness (QED) is 0.587. The molecule has 0 atom stereocenters. The molecule has 3 rings (SSSR count). The lowest BCUT2D eigenvalue weighted by Gasteiger charge is -2.12. The largest absolute Gasteiger partial charge is 0.493 e. The number of hydrogen-bond acceptors (Lipinski definition) is 6. The van der Waals surface area contributed by atoms with Crippen LogP contribution in [0.15, 0.2) is 30.3 Å². The van der Waals surface area contributed by atoms with E-state index in [4.69, 9.17) is 14.2 Å². The van der Waals surface area contributed by atoms with Crippen LogP contribution >= 0.6 is 0 Å². The predicted octanol–water partition coefficient (Wildman–Crippen LogP) is 2.81. The van der Waals surface area contributed by atoms with Gasteiger partial charge in [-0.1, -0.05) is 0 Å². The molecule has 8 nitrogen and oxygen atoms in total. The summed E-state index contributed by atoms with van der Waals surface area (Å²) in [6.45, 7) is 0.453. The van der Waals surface area contributed by atoms with E-state index < -0.39 is 17.8 Å². The molecule has 30 heavy (non-hydrogen) atoms. The van der Waals surface area contributed by atoms with Gasteiger partial charge in [0.05, 0.1) is 26.5 Å². The molecule has 0 fully saturated rings. The van der Waals surface area contributed by atoms with E-state index in [1.54, 1.807) is 12.1 Å². The van der Waals surface area contributed by atoms with E-state index >= 15 is 0 Å². The maximum atomic E-state index is 13.7. The number of amides is 1. The summed E-state index contributed by atoms with van der Waals surface area (Å²) in [6.07, 6.45) is -4.72. The van der Waals surface area contributed by atoms with Crippen molar-refractivity contribution in [3.63, 3.8) is 0 Å². The van der Waals surface area contributed by atoms with Gasteiger partial charge in [0.2, 0.25) is 0 Å². The molecule has 0 aliphatic rings. The number of methoxy groups -OCH3 is 3. The monoisotopic (exact) mass is 424 g/mol. The molecule has 1 amide bonds. The highest BCUT2D eigenvalue weighted by atomic mass is 19.4. The number of alkyl halides is 3. The first-order chi connectivity index (χ1) is 14.3. The van der Waals surface area contributed by atoms with Crippen LogP contribution in [0.4, 0.5) is 13.2 Å². The van der Waals surface area contributed by atoms with Gasteiger partial charge < -0.3 is 19.5 Å². The van der Waals surface area contributed by atoms with Gasteiger partial charge >= 0.3 is 6.18 Å². The number of fused-ring (bicyclic) bond motifs is 1. The SMILES string of the molecule is COCCNC(=O)c1cc2nc(-c3ccc(OC)c(OC)c3)cc(C(F)(F)F)n2n1. The molecule has 0 aliphatic heterocycles. The summed E-state index contributed by atoms with van der Waals surface area (Å²) in [4.78, 5) is 16.4. The third-order valence-electron chi connectivity index (χ3n) is 4.22. The minimum atomic E-state index is -4.72. The van der Waals surface area contributed by atoms with Crippen LogP contribution in [0.25, 0.3) is 16.9 Å². The topological polar surface area (TPSA) is 87.0 Å². The molecule has 3 aromatic rings. The molecule has 0 aliphatic carbocycles. The Hall–Kier alpha value is -3.34. The van der Waals surface area contributed by atoms with Crippen LogP contribution in [0.5, 0.6) is 11.5 Å². The van der Waals surface area contributed by atoms with Gasteiger partial charge in [0, 0.05) is 25.3 Å². The molecule has 0 bridgehead atoms. The second-order valence-corrected chi connectivity index (χ2v) is 6.14. The van der Waals surface area contributed by atoms with Crippen molar-refractivity contribution in [1.82, 2.24) is 19.9 Å². The number of hydrogen-bond donors (Lipinski definition) is 1. The molecule has 0 spiro atoms. The standard InChI is InChI=1S/C19H19F3N4O4/c1-28-7-6-23-18(27)13-10-17-24-12(9-16(19(20,21)22)26(17)25-13)11-4-5-14(29-2)15(8-11)30-3/h4-5,8-10H,6-7H2,1-3H3,(H,23,27). The van der Waals surface area contributed by atoms with Crippen molar-refractivity contribution in [2.75, 3.05) is 34.5 Å². The molecule has 0 saturated heterocycles. The predicted molar refractivity (Wildman–Crippen MR) is 101 cm³/mol. The van der Waals surface area contributed by atoms with E-state index in [1.807, 2.05) is 0 Å².